The molecule has 0 amide bonds. The summed E-state index contributed by atoms with van der Waals surface area (Å²) in [6, 6.07) is 1.65. The number of nitrogens with one attached hydrogen (secondary N) is 1. The third kappa shape index (κ3) is 1.11. The van der Waals surface area contributed by atoms with Gasteiger partial charge in [-0.2, -0.15) is 4.68 Å². The first-order valence-corrected chi connectivity index (χ1v) is 3.24. The minimum atomic E-state index is -0.363. The van der Waals surface area contributed by atoms with Crippen molar-refractivity contribution in [3.63, 3.8) is 0 Å². The van der Waals surface area contributed by atoms with Crippen molar-refractivity contribution in [3.8, 4) is 0 Å². The van der Waals surface area contributed by atoms with Crippen molar-refractivity contribution < 1.29 is 4.52 Å². The molecule has 12 heavy (non-hydrogen) atoms. The zero-order valence-electron chi connectivity index (χ0n) is 5.97. The van der Waals surface area contributed by atoms with Crippen molar-refractivity contribution in [2.75, 3.05) is 0 Å². The molecular formula is C5H5N5O2. The second-order valence-electron chi connectivity index (χ2n) is 2.15. The van der Waals surface area contributed by atoms with Gasteiger partial charge in [0.25, 0.3) is 0 Å². The largest absolute Gasteiger partial charge is 0.364 e. The van der Waals surface area contributed by atoms with Crippen LogP contribution in [-0.2, 0) is 6.54 Å². The summed E-state index contributed by atoms with van der Waals surface area (Å²) in [5.74, 6) is 0. The van der Waals surface area contributed by atoms with Crippen LogP contribution in [0.5, 0.6) is 0 Å². The Labute approximate surface area is 66.0 Å². The number of hydrogen-bond acceptors (Lipinski definition) is 5. The van der Waals surface area contributed by atoms with Crippen LogP contribution in [0, 0.1) is 0 Å². The second-order valence-corrected chi connectivity index (χ2v) is 2.15. The van der Waals surface area contributed by atoms with E-state index in [0.29, 0.717) is 5.69 Å². The molecular weight excluding hydrogens is 162 g/mol. The van der Waals surface area contributed by atoms with E-state index in [-0.39, 0.29) is 12.2 Å². The molecule has 1 N–H and O–H groups in total. The van der Waals surface area contributed by atoms with Crippen molar-refractivity contribution in [2.45, 2.75) is 6.54 Å². The summed E-state index contributed by atoms with van der Waals surface area (Å²) in [7, 11) is 0. The van der Waals surface area contributed by atoms with Gasteiger partial charge in [-0.3, -0.25) is 0 Å². The van der Waals surface area contributed by atoms with Crippen molar-refractivity contribution >= 4 is 0 Å². The summed E-state index contributed by atoms with van der Waals surface area (Å²) in [6.07, 6.45) is 1.43. The molecule has 7 heteroatoms. The predicted molar refractivity (Wildman–Crippen MR) is 36.2 cm³/mol. The molecule has 0 saturated heterocycles. The van der Waals surface area contributed by atoms with E-state index in [1.807, 2.05) is 0 Å². The first-order valence-electron chi connectivity index (χ1n) is 3.24. The highest BCUT2D eigenvalue weighted by Crippen LogP contribution is 1.93. The SMILES string of the molecule is O=c1[nH]nnn1Cc1ccon1. The maximum Gasteiger partial charge on any atom is 0.361 e. The number of aromatic nitrogens is 5. The standard InChI is InChI=1S/C5H5N5O2/c11-5-6-8-9-10(5)3-4-1-2-12-7-4/h1-2H,3H2,(H,6,9,11). The molecule has 0 atom stereocenters. The molecule has 0 aliphatic carbocycles. The first-order chi connectivity index (χ1) is 5.86. The van der Waals surface area contributed by atoms with Crippen LogP contribution in [0.15, 0.2) is 21.6 Å². The van der Waals surface area contributed by atoms with Crippen molar-refractivity contribution in [2.24, 2.45) is 0 Å². The Balaban J connectivity index is 2.25. The molecule has 2 aromatic rings. The van der Waals surface area contributed by atoms with Crippen molar-refractivity contribution in [1.82, 2.24) is 25.4 Å². The van der Waals surface area contributed by atoms with Gasteiger partial charge in [0.2, 0.25) is 0 Å². The second kappa shape index (κ2) is 2.61. The van der Waals surface area contributed by atoms with Crippen LogP contribution < -0.4 is 5.69 Å². The smallest absolute Gasteiger partial charge is 0.361 e. The molecule has 0 aliphatic heterocycles. The molecule has 0 aliphatic rings. The van der Waals surface area contributed by atoms with Gasteiger partial charge in [0.1, 0.15) is 12.0 Å². The van der Waals surface area contributed by atoms with Crippen LogP contribution >= 0.6 is 0 Å². The van der Waals surface area contributed by atoms with E-state index in [2.05, 4.69) is 25.2 Å². The van der Waals surface area contributed by atoms with E-state index in [4.69, 9.17) is 0 Å². The van der Waals surface area contributed by atoms with Crippen LogP contribution in [0.25, 0.3) is 0 Å². The lowest BCUT2D eigenvalue weighted by atomic mass is 10.4. The highest BCUT2D eigenvalue weighted by atomic mass is 16.5. The Bertz CT molecular complexity index is 399. The van der Waals surface area contributed by atoms with E-state index in [0.717, 1.165) is 4.68 Å². The number of nitrogens with zero attached hydrogens (tertiary/aromatic N) is 4. The highest BCUT2D eigenvalue weighted by molar-refractivity contribution is 4.94. The summed E-state index contributed by atoms with van der Waals surface area (Å²) >= 11 is 0. The third-order valence-electron chi connectivity index (χ3n) is 1.34. The van der Waals surface area contributed by atoms with Gasteiger partial charge >= 0.3 is 5.69 Å². The minimum Gasteiger partial charge on any atom is -0.364 e. The van der Waals surface area contributed by atoms with Gasteiger partial charge in [-0.25, -0.2) is 9.89 Å². The van der Waals surface area contributed by atoms with Crippen LogP contribution in [0.1, 0.15) is 5.69 Å². The van der Waals surface area contributed by atoms with Gasteiger partial charge in [-0.15, -0.1) is 0 Å². The van der Waals surface area contributed by atoms with Crippen molar-refractivity contribution in [1.29, 1.82) is 0 Å². The third-order valence-corrected chi connectivity index (χ3v) is 1.34. The average molecular weight is 167 g/mol. The summed E-state index contributed by atoms with van der Waals surface area (Å²) < 4.78 is 5.73. The molecule has 0 saturated carbocycles. The minimum absolute atomic E-state index is 0.270. The Kier molecular flexibility index (Phi) is 1.47. The predicted octanol–water partition coefficient (Wildman–Crippen LogP) is -0.997. The molecule has 7 nitrogen and oxygen atoms in total. The number of tetrazole rings is 1. The molecule has 2 aromatic heterocycles. The van der Waals surface area contributed by atoms with E-state index in [1.54, 1.807) is 6.07 Å². The van der Waals surface area contributed by atoms with Crippen LogP contribution in [0.4, 0.5) is 0 Å². The molecule has 0 bridgehead atoms. The van der Waals surface area contributed by atoms with Crippen molar-refractivity contribution in [3.05, 3.63) is 28.5 Å². The molecule has 2 heterocycles. The molecule has 0 radical (unpaired) electrons. The Morgan fingerprint density at radius 2 is 2.58 bits per heavy atom. The van der Waals surface area contributed by atoms with Crippen LogP contribution in [-0.4, -0.2) is 25.4 Å². The summed E-state index contributed by atoms with van der Waals surface area (Å²) in [5.41, 5.74) is 0.268. The normalized spacial score (nSPS) is 10.3. The number of H-pyrrole nitrogens is 1. The van der Waals surface area contributed by atoms with Gasteiger partial charge in [-0.1, -0.05) is 5.16 Å². The lowest BCUT2D eigenvalue weighted by Gasteiger charge is -1.89. The van der Waals surface area contributed by atoms with Crippen LogP contribution in [0.3, 0.4) is 0 Å². The summed E-state index contributed by atoms with van der Waals surface area (Å²) in [4.78, 5) is 10.9. The van der Waals surface area contributed by atoms with E-state index in [1.165, 1.54) is 6.26 Å². The Morgan fingerprint density at radius 3 is 3.17 bits per heavy atom. The Morgan fingerprint density at radius 1 is 1.67 bits per heavy atom. The summed E-state index contributed by atoms with van der Waals surface area (Å²) in [5, 5.41) is 12.6. The average Bonchev–Trinajstić information content (AvgIpc) is 2.65. The Hall–Kier alpha value is -1.92. The van der Waals surface area contributed by atoms with Gasteiger partial charge in [0, 0.05) is 6.07 Å². The molecule has 0 spiro atoms. The lowest BCUT2D eigenvalue weighted by Crippen LogP contribution is -2.18. The zero-order valence-corrected chi connectivity index (χ0v) is 5.97. The van der Waals surface area contributed by atoms with Gasteiger partial charge in [0.15, 0.2) is 0 Å². The van der Waals surface area contributed by atoms with E-state index < -0.39 is 0 Å². The molecule has 62 valence electrons. The van der Waals surface area contributed by atoms with Gasteiger partial charge in [-0.05, 0) is 10.4 Å². The topological polar surface area (TPSA) is 89.6 Å². The monoisotopic (exact) mass is 167 g/mol. The fraction of sp³-hybridized carbons (Fsp3) is 0.200. The zero-order chi connectivity index (χ0) is 8.39. The molecule has 0 unspecified atom stereocenters. The van der Waals surface area contributed by atoms with E-state index in [9.17, 15) is 4.79 Å². The summed E-state index contributed by atoms with van der Waals surface area (Å²) in [6.45, 7) is 0.270. The highest BCUT2D eigenvalue weighted by Gasteiger charge is 2.02. The molecule has 0 fully saturated rings. The lowest BCUT2D eigenvalue weighted by molar-refractivity contribution is 0.407. The van der Waals surface area contributed by atoms with Crippen LogP contribution in [0.2, 0.25) is 0 Å². The number of rotatable bonds is 2. The van der Waals surface area contributed by atoms with Gasteiger partial charge < -0.3 is 4.52 Å². The van der Waals surface area contributed by atoms with Gasteiger partial charge in [0.05, 0.1) is 6.54 Å². The fourth-order valence-electron chi connectivity index (χ4n) is 0.793. The maximum atomic E-state index is 10.9. The quantitative estimate of drug-likeness (QED) is 0.619. The molecule has 0 aromatic carbocycles. The molecule has 2 rings (SSSR count). The fourth-order valence-corrected chi connectivity index (χ4v) is 0.793. The van der Waals surface area contributed by atoms with E-state index >= 15 is 0 Å². The first kappa shape index (κ1) is 6.77. The number of hydrogen-bond donors (Lipinski definition) is 1. The maximum absolute atomic E-state index is 10.9. The number of aromatic amines is 1.